The Hall–Kier alpha value is -4.71. The van der Waals surface area contributed by atoms with Crippen LogP contribution in [-0.2, 0) is 28.6 Å². The van der Waals surface area contributed by atoms with Gasteiger partial charge in [-0.2, -0.15) is 0 Å². The van der Waals surface area contributed by atoms with Crippen molar-refractivity contribution in [3.05, 3.63) is 146 Å². The highest BCUT2D eigenvalue weighted by atomic mass is 16.6. The van der Waals surface area contributed by atoms with Gasteiger partial charge in [0.2, 0.25) is 0 Å². The van der Waals surface area contributed by atoms with Crippen molar-refractivity contribution in [3.8, 4) is 0 Å². The fourth-order valence-electron chi connectivity index (χ4n) is 5.97. The minimum atomic E-state index is -0.839. The summed E-state index contributed by atoms with van der Waals surface area (Å²) in [4.78, 5) is 37.9. The lowest BCUT2D eigenvalue weighted by molar-refractivity contribution is -0.167. The average molecular weight is 867 g/mol. The molecule has 0 aliphatic rings. The second-order valence-electron chi connectivity index (χ2n) is 15.4. The lowest BCUT2D eigenvalue weighted by Crippen LogP contribution is -2.30. The van der Waals surface area contributed by atoms with Crippen LogP contribution in [0.2, 0.25) is 0 Å². The number of carbonyl (C=O) groups is 3. The maximum absolute atomic E-state index is 12.7. The van der Waals surface area contributed by atoms with E-state index in [9.17, 15) is 14.4 Å². The fourth-order valence-corrected chi connectivity index (χ4v) is 5.97. The van der Waals surface area contributed by atoms with E-state index in [0.29, 0.717) is 19.3 Å². The lowest BCUT2D eigenvalue weighted by Gasteiger charge is -2.18. The molecule has 0 fully saturated rings. The van der Waals surface area contributed by atoms with Crippen LogP contribution >= 0.6 is 0 Å². The smallest absolute Gasteiger partial charge is 0.306 e. The number of unbranched alkanes of at least 4 members (excludes halogenated alkanes) is 13. The second-order valence-corrected chi connectivity index (χ2v) is 15.4. The van der Waals surface area contributed by atoms with Crippen molar-refractivity contribution in [2.45, 2.75) is 181 Å². The Balaban J connectivity index is 4.53. The molecule has 0 saturated carbocycles. The summed E-state index contributed by atoms with van der Waals surface area (Å²) < 4.78 is 16.6. The number of hydrogen-bond donors (Lipinski definition) is 0. The Morgan fingerprint density at radius 3 is 1.14 bits per heavy atom. The zero-order valence-corrected chi connectivity index (χ0v) is 39.8. The highest BCUT2D eigenvalue weighted by Gasteiger charge is 2.19. The molecule has 0 aliphatic heterocycles. The fraction of sp³-hybridized carbons (Fsp3) is 0.526. The van der Waals surface area contributed by atoms with E-state index in [2.05, 4.69) is 75.5 Å². The first-order valence-electron chi connectivity index (χ1n) is 24.5. The first kappa shape index (κ1) is 58.3. The third-order valence-corrected chi connectivity index (χ3v) is 9.54. The molecule has 0 amide bonds. The van der Waals surface area contributed by atoms with Gasteiger partial charge in [0.05, 0.1) is 0 Å². The summed E-state index contributed by atoms with van der Waals surface area (Å²) in [6.45, 7) is 6.11. The monoisotopic (exact) mass is 867 g/mol. The van der Waals surface area contributed by atoms with E-state index >= 15 is 0 Å². The van der Waals surface area contributed by atoms with Crippen LogP contribution in [0.15, 0.2) is 146 Å². The van der Waals surface area contributed by atoms with Crippen molar-refractivity contribution < 1.29 is 28.6 Å². The molecule has 0 heterocycles. The summed E-state index contributed by atoms with van der Waals surface area (Å²) in [6.07, 6.45) is 71.3. The van der Waals surface area contributed by atoms with Gasteiger partial charge < -0.3 is 14.2 Å². The van der Waals surface area contributed by atoms with Crippen LogP contribution in [0.25, 0.3) is 0 Å². The van der Waals surface area contributed by atoms with Crippen molar-refractivity contribution in [1.82, 2.24) is 0 Å². The Morgan fingerprint density at radius 2 is 0.667 bits per heavy atom. The largest absolute Gasteiger partial charge is 0.462 e. The molecule has 0 bridgehead atoms. The molecule has 0 aromatic rings. The Kier molecular flexibility index (Phi) is 46.2. The second kappa shape index (κ2) is 49.9. The van der Waals surface area contributed by atoms with E-state index < -0.39 is 12.1 Å². The molecule has 0 N–H and O–H groups in total. The van der Waals surface area contributed by atoms with Crippen LogP contribution in [0.5, 0.6) is 0 Å². The molecule has 0 radical (unpaired) electrons. The van der Waals surface area contributed by atoms with E-state index in [0.717, 1.165) is 83.5 Å². The number of rotatable bonds is 41. The van der Waals surface area contributed by atoms with Gasteiger partial charge >= 0.3 is 17.9 Å². The van der Waals surface area contributed by atoms with Gasteiger partial charge in [-0.1, -0.05) is 218 Å². The molecule has 0 aromatic heterocycles. The van der Waals surface area contributed by atoms with E-state index in [-0.39, 0.29) is 38.0 Å². The van der Waals surface area contributed by atoms with Crippen LogP contribution in [0.1, 0.15) is 175 Å². The third kappa shape index (κ3) is 48.2. The minimum absolute atomic E-state index is 0.129. The molecular formula is C57H86O6. The zero-order chi connectivity index (χ0) is 45.8. The molecule has 63 heavy (non-hydrogen) atoms. The predicted molar refractivity (Wildman–Crippen MR) is 269 cm³/mol. The molecule has 6 nitrogen and oxygen atoms in total. The minimum Gasteiger partial charge on any atom is -0.462 e. The molecule has 0 spiro atoms. The molecule has 1 atom stereocenters. The normalized spacial score (nSPS) is 13.4. The number of hydrogen-bond acceptors (Lipinski definition) is 6. The van der Waals surface area contributed by atoms with Gasteiger partial charge in [0.1, 0.15) is 13.2 Å². The van der Waals surface area contributed by atoms with Crippen molar-refractivity contribution in [2.75, 3.05) is 13.2 Å². The van der Waals surface area contributed by atoms with Gasteiger partial charge in [-0.25, -0.2) is 0 Å². The molecular weight excluding hydrogens is 781 g/mol. The van der Waals surface area contributed by atoms with Crippen molar-refractivity contribution >= 4 is 17.9 Å². The van der Waals surface area contributed by atoms with Crippen molar-refractivity contribution in [2.24, 2.45) is 0 Å². The molecule has 6 heteroatoms. The van der Waals surface area contributed by atoms with Gasteiger partial charge in [0.15, 0.2) is 6.10 Å². The molecule has 0 aromatic carbocycles. The highest BCUT2D eigenvalue weighted by Crippen LogP contribution is 2.13. The predicted octanol–water partition coefficient (Wildman–Crippen LogP) is 16.1. The van der Waals surface area contributed by atoms with Crippen LogP contribution in [0.4, 0.5) is 0 Å². The van der Waals surface area contributed by atoms with E-state index in [1.54, 1.807) is 0 Å². The van der Waals surface area contributed by atoms with E-state index in [4.69, 9.17) is 14.2 Å². The summed E-state index contributed by atoms with van der Waals surface area (Å²) in [5.41, 5.74) is 0. The van der Waals surface area contributed by atoms with E-state index in [1.807, 2.05) is 91.1 Å². The maximum atomic E-state index is 12.7. The summed E-state index contributed by atoms with van der Waals surface area (Å²) in [5.74, 6) is -1.06. The summed E-state index contributed by atoms with van der Waals surface area (Å²) in [7, 11) is 0. The van der Waals surface area contributed by atoms with Gasteiger partial charge in [-0.15, -0.1) is 0 Å². The standard InChI is InChI=1S/C57H86O6/c1-4-7-10-13-16-19-22-25-26-27-28-29-30-33-35-38-41-44-47-50-56(59)62-53-54(63-57(60)51-48-45-42-39-36-32-24-21-18-15-12-9-6-3)52-61-55(58)49-46-43-40-37-34-31-23-20-17-14-11-8-5-2/h7-12,14-21,23-26,31-32,34,36,39,42,54H,4-6,13,22,27-30,33,35,37-38,40-41,43-53H2,1-3H3/b10-7+,11-8+,12-9+,17-14+,18-15+,19-16+,23-20+,24-21+,26-25+,34-31+,36-32+,42-39+. The van der Waals surface area contributed by atoms with Crippen LogP contribution in [0.3, 0.4) is 0 Å². The first-order chi connectivity index (χ1) is 31.0. The topological polar surface area (TPSA) is 78.9 Å². The number of allylic oxidation sites excluding steroid dienone is 24. The van der Waals surface area contributed by atoms with E-state index in [1.165, 1.54) is 38.5 Å². The molecule has 350 valence electrons. The zero-order valence-electron chi connectivity index (χ0n) is 39.8. The highest BCUT2D eigenvalue weighted by molar-refractivity contribution is 5.71. The van der Waals surface area contributed by atoms with Crippen LogP contribution in [0, 0.1) is 0 Å². The SMILES string of the molecule is CC/C=C/C=C/C=C/C=C/C=C/CCCC(=O)OC(COC(=O)CCCCC/C=C/C=C/C=C/C=C/CC)COC(=O)CCCCCCCCCCC/C=C/C/C=C/C/C=C/CC. The Labute approximate surface area is 385 Å². The summed E-state index contributed by atoms with van der Waals surface area (Å²) >= 11 is 0. The first-order valence-corrected chi connectivity index (χ1v) is 24.5. The lowest BCUT2D eigenvalue weighted by atomic mass is 10.1. The number of ether oxygens (including phenoxy) is 3. The van der Waals surface area contributed by atoms with Gasteiger partial charge in [0, 0.05) is 19.3 Å². The van der Waals surface area contributed by atoms with Gasteiger partial charge in [0.25, 0.3) is 0 Å². The quantitative estimate of drug-likeness (QED) is 0.0200. The molecule has 0 rings (SSSR count). The summed E-state index contributed by atoms with van der Waals surface area (Å²) in [6, 6.07) is 0. The maximum Gasteiger partial charge on any atom is 0.306 e. The van der Waals surface area contributed by atoms with Crippen LogP contribution < -0.4 is 0 Å². The summed E-state index contributed by atoms with van der Waals surface area (Å²) in [5, 5.41) is 0. The molecule has 0 saturated heterocycles. The number of carbonyl (C=O) groups excluding carboxylic acids is 3. The van der Waals surface area contributed by atoms with Gasteiger partial charge in [-0.05, 0) is 83.5 Å². The Bertz CT molecular complexity index is 1460. The molecule has 1 unspecified atom stereocenters. The average Bonchev–Trinajstić information content (AvgIpc) is 3.28. The Morgan fingerprint density at radius 1 is 0.333 bits per heavy atom. The number of esters is 3. The van der Waals surface area contributed by atoms with Crippen LogP contribution in [-0.4, -0.2) is 37.2 Å². The van der Waals surface area contributed by atoms with Crippen molar-refractivity contribution in [3.63, 3.8) is 0 Å². The third-order valence-electron chi connectivity index (χ3n) is 9.54. The van der Waals surface area contributed by atoms with Crippen molar-refractivity contribution in [1.29, 1.82) is 0 Å². The molecule has 0 aliphatic carbocycles. The van der Waals surface area contributed by atoms with Gasteiger partial charge in [-0.3, -0.25) is 14.4 Å².